The predicted molar refractivity (Wildman–Crippen MR) is 144 cm³/mol. The van der Waals surface area contributed by atoms with Crippen molar-refractivity contribution >= 4 is 29.1 Å². The maximum Gasteiger partial charge on any atom is 0.251 e. The summed E-state index contributed by atoms with van der Waals surface area (Å²) in [4.78, 5) is 15.5. The monoisotopic (exact) mass is 520 g/mol. The zero-order valence-corrected chi connectivity index (χ0v) is 22.5. The molecule has 35 heavy (non-hydrogen) atoms. The van der Waals surface area contributed by atoms with Gasteiger partial charge in [0.05, 0.1) is 29.8 Å². The van der Waals surface area contributed by atoms with Gasteiger partial charge >= 0.3 is 0 Å². The van der Waals surface area contributed by atoms with Gasteiger partial charge in [0, 0.05) is 12.1 Å². The van der Waals surface area contributed by atoms with E-state index in [4.69, 9.17) is 32.7 Å². The Morgan fingerprint density at radius 2 is 1.66 bits per heavy atom. The number of rotatable bonds is 13. The molecule has 1 fully saturated rings. The zero-order valence-electron chi connectivity index (χ0n) is 21.0. The van der Waals surface area contributed by atoms with Gasteiger partial charge in [-0.3, -0.25) is 9.69 Å². The lowest BCUT2D eigenvalue weighted by atomic mass is 10.0. The molecule has 0 spiro atoms. The third-order valence-corrected chi connectivity index (χ3v) is 7.10. The lowest BCUT2D eigenvalue weighted by Gasteiger charge is -2.35. The molecule has 1 amide bonds. The highest BCUT2D eigenvalue weighted by molar-refractivity contribution is 6.37. The molecule has 5 nitrogen and oxygen atoms in total. The molecule has 1 aliphatic rings. The van der Waals surface area contributed by atoms with E-state index >= 15 is 0 Å². The molecule has 0 radical (unpaired) electrons. The summed E-state index contributed by atoms with van der Waals surface area (Å²) in [6.07, 6.45) is 9.33. The molecule has 0 saturated carbocycles. The molecule has 192 valence electrons. The Balaban J connectivity index is 1.63. The molecule has 1 aliphatic heterocycles. The van der Waals surface area contributed by atoms with Crippen LogP contribution in [0.5, 0.6) is 11.5 Å². The number of nitrogens with one attached hydrogen (secondary N) is 1. The van der Waals surface area contributed by atoms with Gasteiger partial charge in [0.2, 0.25) is 0 Å². The van der Waals surface area contributed by atoms with Crippen LogP contribution in [-0.2, 0) is 0 Å². The molecule has 1 atom stereocenters. The summed E-state index contributed by atoms with van der Waals surface area (Å²) in [7, 11) is 1.66. The average Bonchev–Trinajstić information content (AvgIpc) is 2.88. The number of unbranched alkanes of at least 4 members (excludes halogenated alkanes) is 4. The second kappa shape index (κ2) is 14.6. The van der Waals surface area contributed by atoms with Crippen molar-refractivity contribution in [2.75, 3.05) is 33.4 Å². The van der Waals surface area contributed by atoms with Crippen molar-refractivity contribution in [2.24, 2.45) is 0 Å². The largest absolute Gasteiger partial charge is 0.497 e. The Hall–Kier alpha value is -1.95. The quantitative estimate of drug-likeness (QED) is 0.281. The van der Waals surface area contributed by atoms with Crippen molar-refractivity contribution in [1.29, 1.82) is 0 Å². The summed E-state index contributed by atoms with van der Waals surface area (Å²) < 4.78 is 11.1. The molecular formula is C28H38Cl2N2O3. The van der Waals surface area contributed by atoms with Crippen LogP contribution in [0, 0.1) is 0 Å². The number of carbonyl (C=O) groups is 1. The highest BCUT2D eigenvalue weighted by atomic mass is 35.5. The Labute approximate surface area is 220 Å². The van der Waals surface area contributed by atoms with Crippen molar-refractivity contribution in [3.63, 3.8) is 0 Å². The van der Waals surface area contributed by atoms with E-state index in [9.17, 15) is 4.79 Å². The maximum atomic E-state index is 13.0. The fourth-order valence-corrected chi connectivity index (χ4v) is 5.11. The van der Waals surface area contributed by atoms with Gasteiger partial charge in [-0.05, 0) is 62.2 Å². The third-order valence-electron chi connectivity index (χ3n) is 6.54. The van der Waals surface area contributed by atoms with Crippen LogP contribution in [-0.4, -0.2) is 44.2 Å². The number of hydrogen-bond acceptors (Lipinski definition) is 4. The lowest BCUT2D eigenvalue weighted by Crippen LogP contribution is -2.40. The van der Waals surface area contributed by atoms with Gasteiger partial charge in [0.1, 0.15) is 5.75 Å². The molecule has 3 rings (SSSR count). The van der Waals surface area contributed by atoms with E-state index in [0.717, 1.165) is 37.2 Å². The number of ether oxygens (including phenoxy) is 2. The number of amides is 1. The van der Waals surface area contributed by atoms with Gasteiger partial charge in [0.25, 0.3) is 5.91 Å². The third kappa shape index (κ3) is 8.30. The minimum atomic E-state index is -0.199. The number of halogens is 2. The molecule has 0 aliphatic carbocycles. The Morgan fingerprint density at radius 1 is 1.00 bits per heavy atom. The summed E-state index contributed by atoms with van der Waals surface area (Å²) >= 11 is 12.9. The second-order valence-electron chi connectivity index (χ2n) is 9.13. The first-order valence-corrected chi connectivity index (χ1v) is 13.6. The predicted octanol–water partition coefficient (Wildman–Crippen LogP) is 7.31. The molecular weight excluding hydrogens is 483 g/mol. The molecule has 0 bridgehead atoms. The average molecular weight is 522 g/mol. The van der Waals surface area contributed by atoms with Gasteiger partial charge < -0.3 is 14.8 Å². The lowest BCUT2D eigenvalue weighted by molar-refractivity contribution is 0.0924. The number of methoxy groups -OCH3 is 1. The van der Waals surface area contributed by atoms with Crippen LogP contribution >= 0.6 is 23.2 Å². The van der Waals surface area contributed by atoms with Crippen LogP contribution in [0.25, 0.3) is 0 Å². The molecule has 1 heterocycles. The first-order valence-electron chi connectivity index (χ1n) is 12.8. The molecule has 0 aromatic heterocycles. The Kier molecular flexibility index (Phi) is 11.5. The molecule has 2 aromatic rings. The minimum absolute atomic E-state index is 0.0893. The SMILES string of the molecule is CCCCCCCOc1c(Cl)cc(C(=O)NCC(c2ccc(OC)cc2)N2CCCCC2)cc1Cl. The highest BCUT2D eigenvalue weighted by Crippen LogP contribution is 2.34. The van der Waals surface area contributed by atoms with Crippen molar-refractivity contribution < 1.29 is 14.3 Å². The van der Waals surface area contributed by atoms with Crippen LogP contribution < -0.4 is 14.8 Å². The summed E-state index contributed by atoms with van der Waals surface area (Å²) in [6, 6.07) is 11.5. The van der Waals surface area contributed by atoms with E-state index in [1.54, 1.807) is 19.2 Å². The van der Waals surface area contributed by atoms with E-state index in [2.05, 4.69) is 29.3 Å². The van der Waals surface area contributed by atoms with E-state index in [0.29, 0.717) is 34.5 Å². The fourth-order valence-electron chi connectivity index (χ4n) is 4.51. The van der Waals surface area contributed by atoms with Gasteiger partial charge in [-0.1, -0.05) is 74.4 Å². The van der Waals surface area contributed by atoms with Crippen LogP contribution in [0.4, 0.5) is 0 Å². The smallest absolute Gasteiger partial charge is 0.251 e. The van der Waals surface area contributed by atoms with Crippen LogP contribution in [0.3, 0.4) is 0 Å². The van der Waals surface area contributed by atoms with Crippen molar-refractivity contribution in [2.45, 2.75) is 64.3 Å². The van der Waals surface area contributed by atoms with Gasteiger partial charge in [-0.15, -0.1) is 0 Å². The number of benzene rings is 2. The zero-order chi connectivity index (χ0) is 25.0. The van der Waals surface area contributed by atoms with E-state index in [1.165, 1.54) is 38.5 Å². The summed E-state index contributed by atoms with van der Waals surface area (Å²) in [6.45, 7) is 5.30. The standard InChI is InChI=1S/C28H38Cl2N2O3/c1-3-4-5-6-10-17-35-27-24(29)18-22(19-25(27)30)28(33)31-20-26(32-15-8-7-9-16-32)21-11-13-23(34-2)14-12-21/h11-14,18-19,26H,3-10,15-17,20H2,1-2H3,(H,31,33). The Bertz CT molecular complexity index is 907. The molecule has 1 unspecified atom stereocenters. The van der Waals surface area contributed by atoms with Crippen LogP contribution in [0.1, 0.15) is 80.3 Å². The molecule has 7 heteroatoms. The number of nitrogens with zero attached hydrogens (tertiary/aromatic N) is 1. The second-order valence-corrected chi connectivity index (χ2v) is 9.94. The minimum Gasteiger partial charge on any atom is -0.497 e. The Morgan fingerprint density at radius 3 is 2.29 bits per heavy atom. The molecule has 1 N–H and O–H groups in total. The van der Waals surface area contributed by atoms with Gasteiger partial charge in [-0.25, -0.2) is 0 Å². The highest BCUT2D eigenvalue weighted by Gasteiger charge is 2.24. The topological polar surface area (TPSA) is 50.8 Å². The summed E-state index contributed by atoms with van der Waals surface area (Å²) in [5.74, 6) is 1.07. The van der Waals surface area contributed by atoms with Crippen LogP contribution in [0.2, 0.25) is 10.0 Å². The van der Waals surface area contributed by atoms with Crippen LogP contribution in [0.15, 0.2) is 36.4 Å². The normalized spacial score (nSPS) is 15.0. The first-order chi connectivity index (χ1) is 17.0. The number of piperidine rings is 1. The van der Waals surface area contributed by atoms with E-state index < -0.39 is 0 Å². The first kappa shape index (κ1) is 27.6. The van der Waals surface area contributed by atoms with Crippen molar-refractivity contribution in [1.82, 2.24) is 10.2 Å². The van der Waals surface area contributed by atoms with Crippen molar-refractivity contribution in [3.05, 3.63) is 57.6 Å². The van der Waals surface area contributed by atoms with E-state index in [-0.39, 0.29) is 11.9 Å². The molecule has 1 saturated heterocycles. The number of carbonyl (C=O) groups excluding carboxylic acids is 1. The van der Waals surface area contributed by atoms with Gasteiger partial charge in [0.15, 0.2) is 5.75 Å². The summed E-state index contributed by atoms with van der Waals surface area (Å²) in [5, 5.41) is 3.82. The number of hydrogen-bond donors (Lipinski definition) is 1. The van der Waals surface area contributed by atoms with E-state index in [1.807, 2.05) is 12.1 Å². The fraction of sp³-hybridized carbons (Fsp3) is 0.536. The maximum absolute atomic E-state index is 13.0. The summed E-state index contributed by atoms with van der Waals surface area (Å²) in [5.41, 5.74) is 1.59. The van der Waals surface area contributed by atoms with Crippen molar-refractivity contribution in [3.8, 4) is 11.5 Å². The van der Waals surface area contributed by atoms with Gasteiger partial charge in [-0.2, -0.15) is 0 Å². The molecule has 2 aromatic carbocycles. The number of likely N-dealkylation sites (tertiary alicyclic amines) is 1.